The number of benzene rings is 2. The van der Waals surface area contributed by atoms with Gasteiger partial charge in [-0.2, -0.15) is 5.10 Å². The molecule has 2 aliphatic rings. The van der Waals surface area contributed by atoms with Gasteiger partial charge in [-0.3, -0.25) is 4.99 Å². The second kappa shape index (κ2) is 7.11. The van der Waals surface area contributed by atoms with E-state index in [1.54, 1.807) is 0 Å². The van der Waals surface area contributed by atoms with E-state index < -0.39 is 0 Å². The molecule has 6 heteroatoms. The highest BCUT2D eigenvalue weighted by Crippen LogP contribution is 2.27. The van der Waals surface area contributed by atoms with Crippen LogP contribution in [0.2, 0.25) is 0 Å². The zero-order chi connectivity index (χ0) is 16.6. The van der Waals surface area contributed by atoms with Gasteiger partial charge < -0.3 is 10.2 Å². The van der Waals surface area contributed by atoms with Gasteiger partial charge in [0.15, 0.2) is 5.96 Å². The smallest absolute Gasteiger partial charge is 0.195 e. The van der Waals surface area contributed by atoms with E-state index in [-0.39, 0.29) is 30.0 Å². The number of guanidine groups is 1. The van der Waals surface area contributed by atoms with Crippen LogP contribution in [0.1, 0.15) is 22.9 Å². The number of aliphatic imine (C=N–C) groups is 1. The molecule has 0 aliphatic carbocycles. The Morgan fingerprint density at radius 2 is 1.65 bits per heavy atom. The predicted molar refractivity (Wildman–Crippen MR) is 113 cm³/mol. The zero-order valence-corrected chi connectivity index (χ0v) is 16.6. The van der Waals surface area contributed by atoms with Crippen LogP contribution in [-0.2, 0) is 13.1 Å². The molecule has 5 rings (SSSR count). The fraction of sp³-hybridized carbons (Fsp3) is 0.200. The third-order valence-electron chi connectivity index (χ3n) is 4.89. The molecule has 1 aromatic heterocycles. The Morgan fingerprint density at radius 3 is 2.42 bits per heavy atom. The number of hydrogen-bond donors (Lipinski definition) is 1. The molecule has 3 heterocycles. The Morgan fingerprint density at radius 1 is 0.923 bits per heavy atom. The van der Waals surface area contributed by atoms with Crippen molar-refractivity contribution >= 4 is 29.9 Å². The van der Waals surface area contributed by atoms with Crippen LogP contribution in [0.15, 0.2) is 71.9 Å². The number of halogens is 1. The van der Waals surface area contributed by atoms with Gasteiger partial charge in [0, 0.05) is 12.1 Å². The predicted octanol–water partition coefficient (Wildman–Crippen LogP) is 3.51. The monoisotopic (exact) mass is 457 g/mol. The molecule has 1 N–H and O–H groups in total. The van der Waals surface area contributed by atoms with Crippen molar-refractivity contribution in [3.8, 4) is 5.69 Å². The molecule has 5 nitrogen and oxygen atoms in total. The number of para-hydroxylation sites is 1. The highest BCUT2D eigenvalue weighted by atomic mass is 127. The summed E-state index contributed by atoms with van der Waals surface area (Å²) in [6.45, 7) is 2.48. The van der Waals surface area contributed by atoms with Gasteiger partial charge in [-0.25, -0.2) is 4.68 Å². The summed E-state index contributed by atoms with van der Waals surface area (Å²) in [6.07, 6.45) is 1.98. The summed E-state index contributed by atoms with van der Waals surface area (Å²) in [5, 5.41) is 8.14. The van der Waals surface area contributed by atoms with Crippen LogP contribution < -0.4 is 5.32 Å². The molecular formula is C20H20IN5. The summed E-state index contributed by atoms with van der Waals surface area (Å²) in [6, 6.07) is 21.1. The SMILES string of the molecule is I.c1ccc(C2CN=C(N3Cc4cnn(-c5ccccc5)c4C3)N2)cc1. The topological polar surface area (TPSA) is 45.5 Å². The summed E-state index contributed by atoms with van der Waals surface area (Å²) in [5.41, 5.74) is 4.91. The molecule has 26 heavy (non-hydrogen) atoms. The molecule has 2 aromatic carbocycles. The second-order valence-electron chi connectivity index (χ2n) is 6.49. The van der Waals surface area contributed by atoms with Gasteiger partial charge in [-0.1, -0.05) is 48.5 Å². The van der Waals surface area contributed by atoms with Crippen molar-refractivity contribution in [2.24, 2.45) is 4.99 Å². The summed E-state index contributed by atoms with van der Waals surface area (Å²) in [4.78, 5) is 7.04. The van der Waals surface area contributed by atoms with E-state index in [0.717, 1.165) is 31.3 Å². The van der Waals surface area contributed by atoms with E-state index in [0.29, 0.717) is 0 Å². The fourth-order valence-electron chi connectivity index (χ4n) is 3.58. The maximum absolute atomic E-state index is 4.74. The average Bonchev–Trinajstić information content (AvgIpc) is 3.38. The van der Waals surface area contributed by atoms with E-state index in [1.165, 1.54) is 16.8 Å². The molecule has 0 saturated heterocycles. The molecule has 0 spiro atoms. The number of fused-ring (bicyclic) bond motifs is 1. The minimum absolute atomic E-state index is 0. The van der Waals surface area contributed by atoms with Crippen LogP contribution >= 0.6 is 24.0 Å². The lowest BCUT2D eigenvalue weighted by molar-refractivity contribution is 0.421. The lowest BCUT2D eigenvalue weighted by atomic mass is 10.1. The van der Waals surface area contributed by atoms with E-state index in [2.05, 4.69) is 51.7 Å². The van der Waals surface area contributed by atoms with Crippen LogP contribution in [0.4, 0.5) is 0 Å². The van der Waals surface area contributed by atoms with Crippen molar-refractivity contribution in [3.05, 3.63) is 83.7 Å². The van der Waals surface area contributed by atoms with E-state index in [4.69, 9.17) is 4.99 Å². The van der Waals surface area contributed by atoms with Gasteiger partial charge in [0.1, 0.15) is 0 Å². The molecule has 0 saturated carbocycles. The Balaban J connectivity index is 0.00000168. The summed E-state index contributed by atoms with van der Waals surface area (Å²) < 4.78 is 2.04. The van der Waals surface area contributed by atoms with Gasteiger partial charge in [0.2, 0.25) is 0 Å². The quantitative estimate of drug-likeness (QED) is 0.600. The van der Waals surface area contributed by atoms with Gasteiger partial charge in [0.05, 0.1) is 36.7 Å². The van der Waals surface area contributed by atoms with Crippen LogP contribution in [0.3, 0.4) is 0 Å². The number of nitrogens with one attached hydrogen (secondary N) is 1. The first kappa shape index (κ1) is 17.1. The second-order valence-corrected chi connectivity index (χ2v) is 6.49. The van der Waals surface area contributed by atoms with Gasteiger partial charge in [-0.15, -0.1) is 24.0 Å². The molecule has 0 fully saturated rings. The van der Waals surface area contributed by atoms with Crippen molar-refractivity contribution in [1.82, 2.24) is 20.0 Å². The molecule has 1 atom stereocenters. The third-order valence-corrected chi connectivity index (χ3v) is 4.89. The number of nitrogens with zero attached hydrogens (tertiary/aromatic N) is 4. The van der Waals surface area contributed by atoms with E-state index in [1.807, 2.05) is 35.1 Å². The van der Waals surface area contributed by atoms with E-state index >= 15 is 0 Å². The van der Waals surface area contributed by atoms with Crippen LogP contribution in [-0.4, -0.2) is 27.2 Å². The lowest BCUT2D eigenvalue weighted by Crippen LogP contribution is -2.36. The third kappa shape index (κ3) is 2.98. The number of aromatic nitrogens is 2. The first-order valence-corrected chi connectivity index (χ1v) is 8.60. The first-order chi connectivity index (χ1) is 12.4. The molecule has 132 valence electrons. The van der Waals surface area contributed by atoms with Crippen LogP contribution in [0, 0.1) is 0 Å². The Kier molecular flexibility index (Phi) is 4.67. The van der Waals surface area contributed by atoms with Crippen molar-refractivity contribution in [3.63, 3.8) is 0 Å². The fourth-order valence-corrected chi connectivity index (χ4v) is 3.58. The maximum Gasteiger partial charge on any atom is 0.195 e. The van der Waals surface area contributed by atoms with E-state index in [9.17, 15) is 0 Å². The number of hydrogen-bond acceptors (Lipinski definition) is 4. The number of rotatable bonds is 2. The van der Waals surface area contributed by atoms with Crippen molar-refractivity contribution in [2.75, 3.05) is 6.54 Å². The molecule has 0 bridgehead atoms. The lowest BCUT2D eigenvalue weighted by Gasteiger charge is -2.20. The minimum Gasteiger partial charge on any atom is -0.348 e. The Bertz CT molecular complexity index is 920. The maximum atomic E-state index is 4.74. The normalized spacial score (nSPS) is 18.1. The van der Waals surface area contributed by atoms with Crippen molar-refractivity contribution in [2.45, 2.75) is 19.1 Å². The Labute approximate surface area is 169 Å². The molecule has 0 amide bonds. The molecule has 0 radical (unpaired) electrons. The standard InChI is InChI=1S/C20H19N5.HI/c1-3-7-15(8-4-1)18-12-21-20(23-18)24-13-16-11-22-25(19(16)14-24)17-9-5-2-6-10-17;/h1-11,18H,12-14H2,(H,21,23);1H. The van der Waals surface area contributed by atoms with Gasteiger partial charge in [-0.05, 0) is 17.7 Å². The molecule has 2 aliphatic heterocycles. The first-order valence-electron chi connectivity index (χ1n) is 8.60. The van der Waals surface area contributed by atoms with Crippen LogP contribution in [0.25, 0.3) is 5.69 Å². The Hall–Kier alpha value is -2.35. The van der Waals surface area contributed by atoms with Gasteiger partial charge in [0.25, 0.3) is 0 Å². The van der Waals surface area contributed by atoms with Gasteiger partial charge >= 0.3 is 0 Å². The summed E-state index contributed by atoms with van der Waals surface area (Å²) >= 11 is 0. The molecule has 1 unspecified atom stereocenters. The summed E-state index contributed by atoms with van der Waals surface area (Å²) in [7, 11) is 0. The van der Waals surface area contributed by atoms with Crippen molar-refractivity contribution in [1.29, 1.82) is 0 Å². The van der Waals surface area contributed by atoms with Crippen molar-refractivity contribution < 1.29 is 0 Å². The zero-order valence-electron chi connectivity index (χ0n) is 14.2. The highest BCUT2D eigenvalue weighted by molar-refractivity contribution is 14.0. The molecule has 3 aromatic rings. The molecular weight excluding hydrogens is 437 g/mol. The highest BCUT2D eigenvalue weighted by Gasteiger charge is 2.30. The minimum atomic E-state index is 0. The van der Waals surface area contributed by atoms with Crippen LogP contribution in [0.5, 0.6) is 0 Å². The largest absolute Gasteiger partial charge is 0.348 e. The average molecular weight is 457 g/mol. The summed E-state index contributed by atoms with van der Waals surface area (Å²) in [5.74, 6) is 0.990.